The van der Waals surface area contributed by atoms with Crippen molar-refractivity contribution in [3.8, 4) is 11.3 Å². The third kappa shape index (κ3) is 1.62. The average Bonchev–Trinajstić information content (AvgIpc) is 2.68. The predicted molar refractivity (Wildman–Crippen MR) is 53.9 cm³/mol. The van der Waals surface area contributed by atoms with Gasteiger partial charge >= 0.3 is 0 Å². The summed E-state index contributed by atoms with van der Waals surface area (Å²) in [4.78, 5) is 18.8. The van der Waals surface area contributed by atoms with Crippen LogP contribution in [0, 0.1) is 0 Å². The standard InChI is InChI=1S/C9H7N3OS/c10-8(13)9-12-7(5-14-9)6-1-3-11-4-2-6/h1-5H,(H2,10,13). The minimum Gasteiger partial charge on any atom is -0.364 e. The first kappa shape index (κ1) is 8.83. The third-order valence-electron chi connectivity index (χ3n) is 1.69. The van der Waals surface area contributed by atoms with Crippen molar-refractivity contribution in [3.63, 3.8) is 0 Å². The highest BCUT2D eigenvalue weighted by Crippen LogP contribution is 2.20. The minimum absolute atomic E-state index is 0.330. The molecule has 0 aliphatic carbocycles. The van der Waals surface area contributed by atoms with E-state index in [1.807, 2.05) is 12.1 Å². The van der Waals surface area contributed by atoms with Gasteiger partial charge in [-0.15, -0.1) is 11.3 Å². The molecule has 0 aliphatic rings. The van der Waals surface area contributed by atoms with E-state index in [0.717, 1.165) is 11.3 Å². The highest BCUT2D eigenvalue weighted by molar-refractivity contribution is 7.12. The van der Waals surface area contributed by atoms with Crippen LogP contribution in [0.15, 0.2) is 29.9 Å². The maximum absolute atomic E-state index is 10.8. The molecule has 0 atom stereocenters. The van der Waals surface area contributed by atoms with Crippen molar-refractivity contribution in [1.29, 1.82) is 0 Å². The van der Waals surface area contributed by atoms with Crippen molar-refractivity contribution >= 4 is 17.2 Å². The first-order valence-corrected chi connectivity index (χ1v) is 4.81. The fourth-order valence-corrected chi connectivity index (χ4v) is 1.72. The molecular weight excluding hydrogens is 198 g/mol. The van der Waals surface area contributed by atoms with E-state index in [1.54, 1.807) is 17.8 Å². The molecule has 2 aromatic heterocycles. The topological polar surface area (TPSA) is 68.9 Å². The molecule has 1 amide bonds. The monoisotopic (exact) mass is 205 g/mol. The van der Waals surface area contributed by atoms with Crippen LogP contribution in [0.3, 0.4) is 0 Å². The number of rotatable bonds is 2. The molecule has 0 radical (unpaired) electrons. The molecule has 0 unspecified atom stereocenters. The van der Waals surface area contributed by atoms with Crippen LogP contribution in [0.1, 0.15) is 9.80 Å². The molecule has 14 heavy (non-hydrogen) atoms. The summed E-state index contributed by atoms with van der Waals surface area (Å²) in [6, 6.07) is 3.67. The quantitative estimate of drug-likeness (QED) is 0.803. The maximum atomic E-state index is 10.8. The molecule has 0 aliphatic heterocycles. The molecule has 2 N–H and O–H groups in total. The Morgan fingerprint density at radius 3 is 2.64 bits per heavy atom. The van der Waals surface area contributed by atoms with E-state index < -0.39 is 5.91 Å². The molecule has 0 spiro atoms. The van der Waals surface area contributed by atoms with E-state index in [-0.39, 0.29) is 0 Å². The zero-order chi connectivity index (χ0) is 9.97. The minimum atomic E-state index is -0.490. The summed E-state index contributed by atoms with van der Waals surface area (Å²) in [7, 11) is 0. The Balaban J connectivity index is 2.39. The molecule has 4 nitrogen and oxygen atoms in total. The fourth-order valence-electron chi connectivity index (χ4n) is 1.04. The number of hydrogen-bond acceptors (Lipinski definition) is 4. The number of nitrogens with two attached hydrogens (primary N) is 1. The molecule has 2 heterocycles. The molecule has 0 saturated carbocycles. The van der Waals surface area contributed by atoms with Gasteiger partial charge < -0.3 is 5.73 Å². The largest absolute Gasteiger partial charge is 0.364 e. The molecule has 5 heteroatoms. The summed E-state index contributed by atoms with van der Waals surface area (Å²) in [5.74, 6) is -0.490. The molecule has 2 aromatic rings. The molecule has 0 saturated heterocycles. The number of thiazole rings is 1. The number of hydrogen-bond donors (Lipinski definition) is 1. The van der Waals surface area contributed by atoms with Crippen molar-refractivity contribution in [2.75, 3.05) is 0 Å². The lowest BCUT2D eigenvalue weighted by molar-refractivity contribution is 0.1000. The summed E-state index contributed by atoms with van der Waals surface area (Å²) in [6.45, 7) is 0. The van der Waals surface area contributed by atoms with Gasteiger partial charge in [-0.3, -0.25) is 9.78 Å². The van der Waals surface area contributed by atoms with Gasteiger partial charge in [-0.05, 0) is 12.1 Å². The summed E-state index contributed by atoms with van der Waals surface area (Å²) >= 11 is 1.25. The Morgan fingerprint density at radius 2 is 2.07 bits per heavy atom. The number of nitrogens with zero attached hydrogens (tertiary/aromatic N) is 2. The second kappa shape index (κ2) is 3.55. The van der Waals surface area contributed by atoms with Crippen LogP contribution in [-0.4, -0.2) is 15.9 Å². The second-order valence-corrected chi connectivity index (χ2v) is 3.50. The number of primary amides is 1. The number of carbonyl (C=O) groups excluding carboxylic acids is 1. The van der Waals surface area contributed by atoms with Crippen LogP contribution >= 0.6 is 11.3 Å². The molecule has 0 bridgehead atoms. The SMILES string of the molecule is NC(=O)c1nc(-c2ccncc2)cs1. The number of carbonyl (C=O) groups is 1. The van der Waals surface area contributed by atoms with Crippen LogP contribution in [0.5, 0.6) is 0 Å². The van der Waals surface area contributed by atoms with Gasteiger partial charge in [0.15, 0.2) is 5.01 Å². The second-order valence-electron chi connectivity index (χ2n) is 2.64. The number of aromatic nitrogens is 2. The zero-order valence-corrected chi connectivity index (χ0v) is 7.99. The van der Waals surface area contributed by atoms with Gasteiger partial charge in [-0.25, -0.2) is 4.98 Å². The average molecular weight is 205 g/mol. The normalized spacial score (nSPS) is 10.0. The van der Waals surface area contributed by atoms with E-state index in [4.69, 9.17) is 5.73 Å². The molecule has 0 aromatic carbocycles. The first-order chi connectivity index (χ1) is 6.77. The lowest BCUT2D eigenvalue weighted by Gasteiger charge is -1.92. The Morgan fingerprint density at radius 1 is 1.36 bits per heavy atom. The summed E-state index contributed by atoms with van der Waals surface area (Å²) in [5, 5.41) is 2.13. The number of amides is 1. The fraction of sp³-hybridized carbons (Fsp3) is 0. The Hall–Kier alpha value is -1.75. The summed E-state index contributed by atoms with van der Waals surface area (Å²) < 4.78 is 0. The summed E-state index contributed by atoms with van der Waals surface area (Å²) in [5.41, 5.74) is 6.79. The molecule has 70 valence electrons. The van der Waals surface area contributed by atoms with Crippen LogP contribution in [0.25, 0.3) is 11.3 Å². The van der Waals surface area contributed by atoms with Gasteiger partial charge in [0.05, 0.1) is 5.69 Å². The van der Waals surface area contributed by atoms with E-state index in [2.05, 4.69) is 9.97 Å². The Bertz CT molecular complexity index is 452. The highest BCUT2D eigenvalue weighted by atomic mass is 32.1. The van der Waals surface area contributed by atoms with Crippen LogP contribution in [-0.2, 0) is 0 Å². The van der Waals surface area contributed by atoms with E-state index in [1.165, 1.54) is 11.3 Å². The van der Waals surface area contributed by atoms with Crippen LogP contribution in [0.2, 0.25) is 0 Å². The van der Waals surface area contributed by atoms with Gasteiger partial charge in [-0.1, -0.05) is 0 Å². The number of pyridine rings is 1. The van der Waals surface area contributed by atoms with Crippen molar-refractivity contribution < 1.29 is 4.79 Å². The van der Waals surface area contributed by atoms with Gasteiger partial charge in [0.25, 0.3) is 5.91 Å². The maximum Gasteiger partial charge on any atom is 0.277 e. The zero-order valence-electron chi connectivity index (χ0n) is 7.18. The third-order valence-corrected chi connectivity index (χ3v) is 2.55. The lowest BCUT2D eigenvalue weighted by atomic mass is 10.2. The lowest BCUT2D eigenvalue weighted by Crippen LogP contribution is -2.10. The molecule has 2 rings (SSSR count). The van der Waals surface area contributed by atoms with E-state index in [0.29, 0.717) is 5.01 Å². The van der Waals surface area contributed by atoms with Crippen molar-refractivity contribution in [1.82, 2.24) is 9.97 Å². The Kier molecular flexibility index (Phi) is 2.24. The van der Waals surface area contributed by atoms with Crippen LogP contribution < -0.4 is 5.73 Å². The van der Waals surface area contributed by atoms with Gasteiger partial charge in [0.1, 0.15) is 0 Å². The molecule has 0 fully saturated rings. The van der Waals surface area contributed by atoms with E-state index >= 15 is 0 Å². The van der Waals surface area contributed by atoms with Gasteiger partial charge in [0.2, 0.25) is 0 Å². The highest BCUT2D eigenvalue weighted by Gasteiger charge is 2.07. The predicted octanol–water partition coefficient (Wildman–Crippen LogP) is 1.30. The Labute approximate surface area is 84.4 Å². The van der Waals surface area contributed by atoms with Gasteiger partial charge in [0, 0.05) is 23.3 Å². The first-order valence-electron chi connectivity index (χ1n) is 3.93. The molecular formula is C9H7N3OS. The summed E-state index contributed by atoms with van der Waals surface area (Å²) in [6.07, 6.45) is 3.36. The van der Waals surface area contributed by atoms with Crippen molar-refractivity contribution in [2.45, 2.75) is 0 Å². The van der Waals surface area contributed by atoms with E-state index in [9.17, 15) is 4.79 Å². The van der Waals surface area contributed by atoms with Crippen molar-refractivity contribution in [2.24, 2.45) is 5.73 Å². The smallest absolute Gasteiger partial charge is 0.277 e. The van der Waals surface area contributed by atoms with Crippen LogP contribution in [0.4, 0.5) is 0 Å². The van der Waals surface area contributed by atoms with Crippen molar-refractivity contribution in [3.05, 3.63) is 34.9 Å². The van der Waals surface area contributed by atoms with Gasteiger partial charge in [-0.2, -0.15) is 0 Å².